The van der Waals surface area contributed by atoms with E-state index in [-0.39, 0.29) is 17.1 Å². The molecule has 5 atom stereocenters. The van der Waals surface area contributed by atoms with Crippen LogP contribution in [0, 0.1) is 0 Å². The van der Waals surface area contributed by atoms with Crippen molar-refractivity contribution in [2.45, 2.75) is 24.5 Å². The van der Waals surface area contributed by atoms with Crippen molar-refractivity contribution in [3.8, 4) is 0 Å². The summed E-state index contributed by atoms with van der Waals surface area (Å²) in [4.78, 5) is 48.0. The second-order valence-corrected chi connectivity index (χ2v) is 8.49. The van der Waals surface area contributed by atoms with Crippen molar-refractivity contribution in [1.82, 2.24) is 19.5 Å². The molecule has 0 spiro atoms. The number of nitrogen functional groups attached to an aromatic ring is 1. The van der Waals surface area contributed by atoms with E-state index in [0.29, 0.717) is 0 Å². The van der Waals surface area contributed by atoms with Crippen LogP contribution in [-0.4, -0.2) is 69.3 Å². The lowest BCUT2D eigenvalue weighted by Gasteiger charge is -2.17. The number of aromatic amines is 1. The predicted molar refractivity (Wildman–Crippen MR) is 87.4 cm³/mol. The predicted octanol–water partition coefficient (Wildman–Crippen LogP) is -2.45. The Morgan fingerprint density at radius 2 is 1.96 bits per heavy atom. The van der Waals surface area contributed by atoms with Crippen LogP contribution < -0.4 is 11.3 Å². The summed E-state index contributed by atoms with van der Waals surface area (Å²) in [6.45, 7) is -0.866. The van der Waals surface area contributed by atoms with Gasteiger partial charge in [-0.15, -0.1) is 0 Å². The Bertz CT molecular complexity index is 1030. The molecule has 1 aliphatic rings. The Morgan fingerprint density at radius 1 is 1.29 bits per heavy atom. The normalized spacial score (nSPS) is 27.9. The summed E-state index contributed by atoms with van der Waals surface area (Å²) in [5, 5.41) is 20.3. The molecule has 8 N–H and O–H groups in total. The summed E-state index contributed by atoms with van der Waals surface area (Å²) >= 11 is 0. The third kappa shape index (κ3) is 4.31. The lowest BCUT2D eigenvalue weighted by atomic mass is 10.1. The minimum atomic E-state index is -5.32. The van der Waals surface area contributed by atoms with Gasteiger partial charge < -0.3 is 40.3 Å². The number of nitrogens with one attached hydrogen (secondary N) is 1. The van der Waals surface area contributed by atoms with Crippen LogP contribution in [0.5, 0.6) is 0 Å². The molecule has 28 heavy (non-hydrogen) atoms. The van der Waals surface area contributed by atoms with Crippen molar-refractivity contribution in [3.05, 3.63) is 16.7 Å². The molecule has 2 aromatic rings. The first-order chi connectivity index (χ1) is 12.9. The van der Waals surface area contributed by atoms with E-state index in [4.69, 9.17) is 20.3 Å². The van der Waals surface area contributed by atoms with Gasteiger partial charge in [-0.3, -0.25) is 13.9 Å². The second-order valence-electron chi connectivity index (χ2n) is 5.66. The Hall–Kier alpha value is -1.71. The molecule has 3 rings (SSSR count). The maximum atomic E-state index is 11.8. The first-order valence-corrected chi connectivity index (χ1v) is 10.4. The van der Waals surface area contributed by atoms with Gasteiger partial charge in [0.2, 0.25) is 5.95 Å². The van der Waals surface area contributed by atoms with Gasteiger partial charge in [-0.2, -0.15) is 9.29 Å². The highest BCUT2D eigenvalue weighted by Gasteiger charge is 2.46. The van der Waals surface area contributed by atoms with Gasteiger partial charge in [0.1, 0.15) is 24.0 Å². The van der Waals surface area contributed by atoms with E-state index in [2.05, 4.69) is 23.8 Å². The number of H-pyrrole nitrogens is 1. The van der Waals surface area contributed by atoms with Gasteiger partial charge in [0, 0.05) is 0 Å². The minimum absolute atomic E-state index is 0.0352. The van der Waals surface area contributed by atoms with Crippen LogP contribution in [0.3, 0.4) is 0 Å². The Morgan fingerprint density at radius 3 is 2.61 bits per heavy atom. The Kier molecular flexibility index (Phi) is 5.46. The van der Waals surface area contributed by atoms with Crippen LogP contribution in [-0.2, 0) is 22.7 Å². The molecule has 0 amide bonds. The van der Waals surface area contributed by atoms with Crippen LogP contribution in [0.15, 0.2) is 11.1 Å². The van der Waals surface area contributed by atoms with Crippen molar-refractivity contribution in [2.24, 2.45) is 0 Å². The van der Waals surface area contributed by atoms with Crippen LogP contribution in [0.1, 0.15) is 6.23 Å². The number of nitrogens with two attached hydrogens (primary N) is 1. The SMILES string of the molecule is Nc1nc(=O)c2ncn([C@@H]3O[C@H](COP(=O)(O)OP(=O)(O)O)[C@H](O)[C@H]3O)c2[nH]1. The zero-order chi connectivity index (χ0) is 20.9. The first-order valence-electron chi connectivity index (χ1n) is 7.36. The summed E-state index contributed by atoms with van der Waals surface area (Å²) in [6, 6.07) is 0. The topological polar surface area (TPSA) is 253 Å². The fourth-order valence-corrected chi connectivity index (χ4v) is 4.17. The summed E-state index contributed by atoms with van der Waals surface area (Å²) in [6.07, 6.45) is -4.83. The van der Waals surface area contributed by atoms with Crippen molar-refractivity contribution in [1.29, 1.82) is 0 Å². The Balaban J connectivity index is 1.79. The van der Waals surface area contributed by atoms with Crippen molar-refractivity contribution >= 4 is 32.8 Å². The highest BCUT2D eigenvalue weighted by atomic mass is 31.3. The molecule has 156 valence electrons. The van der Waals surface area contributed by atoms with Gasteiger partial charge in [-0.25, -0.2) is 14.1 Å². The van der Waals surface area contributed by atoms with E-state index >= 15 is 0 Å². The third-order valence-electron chi connectivity index (χ3n) is 3.69. The summed E-state index contributed by atoms with van der Waals surface area (Å²) < 4.78 is 36.6. The monoisotopic (exact) mass is 443 g/mol. The largest absolute Gasteiger partial charge is 0.481 e. The molecule has 1 unspecified atom stereocenters. The quantitative estimate of drug-likeness (QED) is 0.229. The summed E-state index contributed by atoms with van der Waals surface area (Å²) in [5.41, 5.74) is 4.65. The molecule has 0 aliphatic carbocycles. The van der Waals surface area contributed by atoms with Gasteiger partial charge in [0.25, 0.3) is 0 Å². The lowest BCUT2D eigenvalue weighted by molar-refractivity contribution is -0.0503. The highest BCUT2D eigenvalue weighted by Crippen LogP contribution is 2.57. The van der Waals surface area contributed by atoms with Crippen LogP contribution >= 0.6 is 15.6 Å². The molecular formula is C10H15N5O11P2. The number of nitrogens with zero attached hydrogens (tertiary/aromatic N) is 3. The van der Waals surface area contributed by atoms with E-state index in [1.54, 1.807) is 0 Å². The van der Waals surface area contributed by atoms with E-state index in [1.807, 2.05) is 0 Å². The number of ether oxygens (including phenoxy) is 1. The smallest absolute Gasteiger partial charge is 0.387 e. The van der Waals surface area contributed by atoms with Crippen LogP contribution in [0.25, 0.3) is 11.2 Å². The molecule has 0 aromatic carbocycles. The zero-order valence-electron chi connectivity index (χ0n) is 13.6. The van der Waals surface area contributed by atoms with E-state index < -0.39 is 52.4 Å². The number of hydrogen-bond donors (Lipinski definition) is 7. The summed E-state index contributed by atoms with van der Waals surface area (Å²) in [5.74, 6) is -0.233. The highest BCUT2D eigenvalue weighted by molar-refractivity contribution is 7.60. The van der Waals surface area contributed by atoms with Gasteiger partial charge in [-0.1, -0.05) is 0 Å². The van der Waals surface area contributed by atoms with E-state index in [9.17, 15) is 29.0 Å². The number of hydrogen-bond acceptors (Lipinski definition) is 11. The number of phosphoric acid groups is 2. The standard InChI is InChI=1S/C10H15N5O11P2/c11-10-13-7-4(8(18)14-10)12-2-15(7)9-6(17)5(16)3(25-9)1-24-28(22,23)26-27(19,20)21/h2-3,5-6,9,16-17H,1H2,(H,22,23)(H2,19,20,21)(H3,11,13,14,18)/t3-,5+,6-,9-/m1/s1. The number of phosphoric ester groups is 1. The number of rotatable bonds is 6. The average Bonchev–Trinajstić information content (AvgIpc) is 3.06. The van der Waals surface area contributed by atoms with E-state index in [1.165, 1.54) is 0 Å². The molecule has 2 aromatic heterocycles. The molecular weight excluding hydrogens is 428 g/mol. The lowest BCUT2D eigenvalue weighted by Crippen LogP contribution is -2.33. The number of imidazole rings is 1. The maximum Gasteiger partial charge on any atom is 0.481 e. The minimum Gasteiger partial charge on any atom is -0.387 e. The molecule has 1 fully saturated rings. The summed E-state index contributed by atoms with van der Waals surface area (Å²) in [7, 11) is -10.5. The van der Waals surface area contributed by atoms with Gasteiger partial charge in [0.05, 0.1) is 12.9 Å². The van der Waals surface area contributed by atoms with Crippen molar-refractivity contribution in [2.75, 3.05) is 12.3 Å². The number of aliphatic hydroxyl groups excluding tert-OH is 2. The zero-order valence-corrected chi connectivity index (χ0v) is 15.4. The third-order valence-corrected chi connectivity index (χ3v) is 5.84. The van der Waals surface area contributed by atoms with Gasteiger partial charge >= 0.3 is 21.2 Å². The van der Waals surface area contributed by atoms with Crippen molar-refractivity contribution in [3.63, 3.8) is 0 Å². The molecule has 0 radical (unpaired) electrons. The van der Waals surface area contributed by atoms with Gasteiger partial charge in [0.15, 0.2) is 11.7 Å². The average molecular weight is 443 g/mol. The molecule has 16 nitrogen and oxygen atoms in total. The van der Waals surface area contributed by atoms with Crippen molar-refractivity contribution < 1.29 is 47.6 Å². The van der Waals surface area contributed by atoms with Gasteiger partial charge in [-0.05, 0) is 0 Å². The molecule has 0 bridgehead atoms. The Labute approximate surface area is 154 Å². The molecule has 0 saturated carbocycles. The molecule has 3 heterocycles. The maximum absolute atomic E-state index is 11.8. The van der Waals surface area contributed by atoms with Crippen LogP contribution in [0.2, 0.25) is 0 Å². The molecule has 18 heteroatoms. The van der Waals surface area contributed by atoms with Crippen LogP contribution in [0.4, 0.5) is 5.95 Å². The second kappa shape index (κ2) is 7.27. The fraction of sp³-hybridized carbons (Fsp3) is 0.500. The number of fused-ring (bicyclic) bond motifs is 1. The first kappa shape index (κ1) is 21.0. The number of aromatic nitrogens is 4. The molecule has 1 saturated heterocycles. The fourth-order valence-electron chi connectivity index (χ4n) is 2.57. The van der Waals surface area contributed by atoms with E-state index in [0.717, 1.165) is 10.9 Å². The molecule has 1 aliphatic heterocycles. The number of aliphatic hydroxyl groups is 2. The number of anilines is 1.